The summed E-state index contributed by atoms with van der Waals surface area (Å²) in [7, 11) is 0. The SMILES string of the molecule is C#CCN1CCN(C(=O)C(N)CCc2ccccc2)CC1. The molecule has 0 bridgehead atoms. The van der Waals surface area contributed by atoms with Crippen LogP contribution < -0.4 is 5.73 Å². The molecular weight excluding hydrogens is 262 g/mol. The van der Waals surface area contributed by atoms with Gasteiger partial charge in [0.2, 0.25) is 5.91 Å². The van der Waals surface area contributed by atoms with Gasteiger partial charge in [-0.1, -0.05) is 36.3 Å². The Morgan fingerprint density at radius 3 is 2.52 bits per heavy atom. The second-order valence-electron chi connectivity index (χ2n) is 5.44. The maximum atomic E-state index is 12.3. The van der Waals surface area contributed by atoms with E-state index in [4.69, 9.17) is 12.2 Å². The van der Waals surface area contributed by atoms with Gasteiger partial charge in [-0.15, -0.1) is 6.42 Å². The Balaban J connectivity index is 1.77. The Kier molecular flexibility index (Phi) is 5.79. The number of nitrogens with zero attached hydrogens (tertiary/aromatic N) is 2. The average molecular weight is 285 g/mol. The zero-order valence-electron chi connectivity index (χ0n) is 12.4. The van der Waals surface area contributed by atoms with Crippen LogP contribution >= 0.6 is 0 Å². The summed E-state index contributed by atoms with van der Waals surface area (Å²) >= 11 is 0. The molecule has 4 nitrogen and oxygen atoms in total. The van der Waals surface area contributed by atoms with E-state index >= 15 is 0 Å². The van der Waals surface area contributed by atoms with Gasteiger partial charge in [-0.3, -0.25) is 9.69 Å². The largest absolute Gasteiger partial charge is 0.339 e. The third kappa shape index (κ3) is 4.59. The highest BCUT2D eigenvalue weighted by Crippen LogP contribution is 2.08. The van der Waals surface area contributed by atoms with Crippen LogP contribution in [0.4, 0.5) is 0 Å². The summed E-state index contributed by atoms with van der Waals surface area (Å²) in [5.41, 5.74) is 7.27. The molecule has 1 fully saturated rings. The molecule has 0 radical (unpaired) electrons. The maximum absolute atomic E-state index is 12.3. The van der Waals surface area contributed by atoms with Gasteiger partial charge in [0.25, 0.3) is 0 Å². The van der Waals surface area contributed by atoms with Crippen LogP contribution in [-0.4, -0.2) is 54.5 Å². The Bertz CT molecular complexity index is 487. The first-order valence-electron chi connectivity index (χ1n) is 7.45. The van der Waals surface area contributed by atoms with Crippen molar-refractivity contribution in [3.8, 4) is 12.3 Å². The maximum Gasteiger partial charge on any atom is 0.239 e. The molecule has 0 saturated carbocycles. The minimum absolute atomic E-state index is 0.0614. The van der Waals surface area contributed by atoms with E-state index in [1.807, 2.05) is 23.1 Å². The predicted molar refractivity (Wildman–Crippen MR) is 84.6 cm³/mol. The Morgan fingerprint density at radius 1 is 1.24 bits per heavy atom. The summed E-state index contributed by atoms with van der Waals surface area (Å²) in [5, 5.41) is 0. The van der Waals surface area contributed by atoms with Gasteiger partial charge in [-0.05, 0) is 18.4 Å². The monoisotopic (exact) mass is 285 g/mol. The predicted octanol–water partition coefficient (Wildman–Crippen LogP) is 0.724. The van der Waals surface area contributed by atoms with Gasteiger partial charge in [0, 0.05) is 26.2 Å². The zero-order valence-corrected chi connectivity index (χ0v) is 12.4. The minimum Gasteiger partial charge on any atom is -0.339 e. The first-order chi connectivity index (χ1) is 10.2. The van der Waals surface area contributed by atoms with Crippen LogP contribution in [0.25, 0.3) is 0 Å². The number of hydrogen-bond acceptors (Lipinski definition) is 3. The molecule has 1 aliphatic rings. The average Bonchev–Trinajstić information content (AvgIpc) is 2.54. The van der Waals surface area contributed by atoms with Crippen molar-refractivity contribution in [3.63, 3.8) is 0 Å². The van der Waals surface area contributed by atoms with Crippen LogP contribution in [0.15, 0.2) is 30.3 Å². The summed E-state index contributed by atoms with van der Waals surface area (Å²) in [5.74, 6) is 2.70. The van der Waals surface area contributed by atoms with Gasteiger partial charge >= 0.3 is 0 Å². The van der Waals surface area contributed by atoms with Crippen LogP contribution in [0.1, 0.15) is 12.0 Å². The molecule has 1 saturated heterocycles. The van der Waals surface area contributed by atoms with Gasteiger partial charge in [0.05, 0.1) is 12.6 Å². The molecule has 2 rings (SSSR count). The van der Waals surface area contributed by atoms with Crippen molar-refractivity contribution in [1.82, 2.24) is 9.80 Å². The molecule has 1 atom stereocenters. The first kappa shape index (κ1) is 15.6. The zero-order chi connectivity index (χ0) is 15.1. The van der Waals surface area contributed by atoms with E-state index in [0.29, 0.717) is 13.0 Å². The molecule has 21 heavy (non-hydrogen) atoms. The van der Waals surface area contributed by atoms with Crippen molar-refractivity contribution in [2.24, 2.45) is 5.73 Å². The lowest BCUT2D eigenvalue weighted by Crippen LogP contribution is -2.53. The number of carbonyl (C=O) groups is 1. The second kappa shape index (κ2) is 7.82. The highest BCUT2D eigenvalue weighted by atomic mass is 16.2. The lowest BCUT2D eigenvalue weighted by molar-refractivity contribution is -0.134. The van der Waals surface area contributed by atoms with E-state index < -0.39 is 6.04 Å². The summed E-state index contributed by atoms with van der Waals surface area (Å²) in [6, 6.07) is 9.72. The lowest BCUT2D eigenvalue weighted by Gasteiger charge is -2.35. The van der Waals surface area contributed by atoms with Crippen molar-refractivity contribution in [2.75, 3.05) is 32.7 Å². The Labute approximate surface area is 126 Å². The van der Waals surface area contributed by atoms with Crippen LogP contribution in [0.5, 0.6) is 0 Å². The fourth-order valence-electron chi connectivity index (χ4n) is 2.58. The Hall–Kier alpha value is -1.83. The number of amides is 1. The van der Waals surface area contributed by atoms with E-state index in [9.17, 15) is 4.79 Å². The van der Waals surface area contributed by atoms with Gasteiger partial charge in [0.15, 0.2) is 0 Å². The molecule has 1 unspecified atom stereocenters. The number of aryl methyl sites for hydroxylation is 1. The molecule has 0 aliphatic carbocycles. The quantitative estimate of drug-likeness (QED) is 0.811. The van der Waals surface area contributed by atoms with Crippen LogP contribution in [0, 0.1) is 12.3 Å². The molecule has 112 valence electrons. The smallest absolute Gasteiger partial charge is 0.239 e. The number of rotatable bonds is 5. The normalized spacial score (nSPS) is 17.2. The molecule has 4 heteroatoms. The third-order valence-electron chi connectivity index (χ3n) is 3.90. The topological polar surface area (TPSA) is 49.6 Å². The van der Waals surface area contributed by atoms with Crippen LogP contribution in [0.2, 0.25) is 0 Å². The summed E-state index contributed by atoms with van der Waals surface area (Å²) < 4.78 is 0. The van der Waals surface area contributed by atoms with Crippen LogP contribution in [0.3, 0.4) is 0 Å². The number of hydrogen-bond donors (Lipinski definition) is 1. The number of nitrogens with two attached hydrogens (primary N) is 1. The van der Waals surface area contributed by atoms with Gasteiger partial charge in [-0.25, -0.2) is 0 Å². The first-order valence-corrected chi connectivity index (χ1v) is 7.45. The van der Waals surface area contributed by atoms with E-state index in [1.54, 1.807) is 0 Å². The summed E-state index contributed by atoms with van der Waals surface area (Å²) in [4.78, 5) is 16.4. The molecule has 1 heterocycles. The molecule has 0 spiro atoms. The van der Waals surface area contributed by atoms with E-state index in [1.165, 1.54) is 5.56 Å². The van der Waals surface area contributed by atoms with Crippen molar-refractivity contribution >= 4 is 5.91 Å². The fourth-order valence-corrected chi connectivity index (χ4v) is 2.58. The number of piperazine rings is 1. The van der Waals surface area contributed by atoms with Gasteiger partial charge < -0.3 is 10.6 Å². The molecule has 1 amide bonds. The van der Waals surface area contributed by atoms with E-state index in [2.05, 4.69) is 23.0 Å². The third-order valence-corrected chi connectivity index (χ3v) is 3.90. The highest BCUT2D eigenvalue weighted by Gasteiger charge is 2.24. The summed E-state index contributed by atoms with van der Waals surface area (Å²) in [6.45, 7) is 3.77. The van der Waals surface area contributed by atoms with Crippen molar-refractivity contribution in [1.29, 1.82) is 0 Å². The Morgan fingerprint density at radius 2 is 1.90 bits per heavy atom. The van der Waals surface area contributed by atoms with E-state index in [-0.39, 0.29) is 5.91 Å². The molecule has 2 N–H and O–H groups in total. The van der Waals surface area contributed by atoms with Crippen molar-refractivity contribution in [3.05, 3.63) is 35.9 Å². The fraction of sp³-hybridized carbons (Fsp3) is 0.471. The lowest BCUT2D eigenvalue weighted by atomic mass is 10.0. The number of carbonyl (C=O) groups excluding carboxylic acids is 1. The van der Waals surface area contributed by atoms with Crippen molar-refractivity contribution < 1.29 is 4.79 Å². The number of benzene rings is 1. The highest BCUT2D eigenvalue weighted by molar-refractivity contribution is 5.81. The molecule has 1 aromatic carbocycles. The minimum atomic E-state index is -0.413. The van der Waals surface area contributed by atoms with E-state index in [0.717, 1.165) is 32.6 Å². The standard InChI is InChI=1S/C17H23N3O/c1-2-10-19-11-13-20(14-12-19)17(21)16(18)9-8-15-6-4-3-5-7-15/h1,3-7,16H,8-14,18H2. The molecule has 0 aromatic heterocycles. The number of terminal acetylenes is 1. The molecule has 1 aliphatic heterocycles. The molecular formula is C17H23N3O. The molecule has 1 aromatic rings. The summed E-state index contributed by atoms with van der Waals surface area (Å²) in [6.07, 6.45) is 6.83. The van der Waals surface area contributed by atoms with Gasteiger partial charge in [-0.2, -0.15) is 0 Å². The van der Waals surface area contributed by atoms with Crippen LogP contribution in [-0.2, 0) is 11.2 Å². The van der Waals surface area contributed by atoms with Gasteiger partial charge in [0.1, 0.15) is 0 Å². The van der Waals surface area contributed by atoms with Crippen molar-refractivity contribution in [2.45, 2.75) is 18.9 Å². The second-order valence-corrected chi connectivity index (χ2v) is 5.44.